The van der Waals surface area contributed by atoms with Crippen LogP contribution in [0.5, 0.6) is 11.5 Å². The van der Waals surface area contributed by atoms with Gasteiger partial charge in [-0.25, -0.2) is 0 Å². The van der Waals surface area contributed by atoms with Crippen LogP contribution in [0.4, 0.5) is 0 Å². The number of benzene rings is 1. The molecule has 0 aliphatic heterocycles. The summed E-state index contributed by atoms with van der Waals surface area (Å²) in [6.45, 7) is 1.28. The van der Waals surface area contributed by atoms with E-state index in [1.807, 2.05) is 0 Å². The van der Waals surface area contributed by atoms with Gasteiger partial charge < -0.3 is 25.2 Å². The van der Waals surface area contributed by atoms with Crippen LogP contribution in [0.15, 0.2) is 12.1 Å². The molecule has 3 N–H and O–H groups in total. The quantitative estimate of drug-likeness (QED) is 0.666. The van der Waals surface area contributed by atoms with Crippen LogP contribution >= 0.6 is 11.6 Å². The Kier molecular flexibility index (Phi) is 6.31. The molecule has 26 heavy (non-hydrogen) atoms. The van der Waals surface area contributed by atoms with Crippen LogP contribution in [0.1, 0.15) is 30.1 Å². The van der Waals surface area contributed by atoms with Gasteiger partial charge in [-0.05, 0) is 25.0 Å². The van der Waals surface area contributed by atoms with E-state index >= 15 is 0 Å². The summed E-state index contributed by atoms with van der Waals surface area (Å²) in [6.07, 6.45) is 1.67. The predicted octanol–water partition coefficient (Wildman–Crippen LogP) is 1.54. The van der Waals surface area contributed by atoms with Crippen LogP contribution in [-0.2, 0) is 9.59 Å². The van der Waals surface area contributed by atoms with Gasteiger partial charge in [0.05, 0.1) is 18.1 Å². The van der Waals surface area contributed by atoms with Gasteiger partial charge in [0.2, 0.25) is 0 Å². The number of amides is 2. The molecule has 8 nitrogen and oxygen atoms in total. The summed E-state index contributed by atoms with van der Waals surface area (Å²) in [5.41, 5.74) is 5.31. The van der Waals surface area contributed by atoms with Gasteiger partial charge in [-0.15, -0.1) is 0 Å². The second kappa shape index (κ2) is 8.27. The molecule has 1 aromatic rings. The number of carboxylic acid groups (broad SMARTS) is 1. The van der Waals surface area contributed by atoms with Gasteiger partial charge in [0.25, 0.3) is 11.8 Å². The third-order valence-corrected chi connectivity index (χ3v) is 4.26. The number of ether oxygens (including phenoxy) is 2. The smallest absolute Gasteiger partial charge is 0.308 e. The topological polar surface area (TPSA) is 119 Å². The molecule has 0 heterocycles. The Morgan fingerprint density at radius 3 is 2.54 bits per heavy atom. The third kappa shape index (κ3) is 4.78. The van der Waals surface area contributed by atoms with Crippen molar-refractivity contribution in [3.8, 4) is 11.5 Å². The molecule has 0 spiro atoms. The Labute approximate surface area is 155 Å². The number of carboxylic acids is 1. The van der Waals surface area contributed by atoms with Crippen LogP contribution in [0.3, 0.4) is 0 Å². The molecule has 0 saturated heterocycles. The van der Waals surface area contributed by atoms with Gasteiger partial charge in [0.1, 0.15) is 0 Å². The highest BCUT2D eigenvalue weighted by atomic mass is 35.5. The minimum Gasteiger partial charge on any atom is -0.493 e. The molecule has 2 rings (SSSR count). The first kappa shape index (κ1) is 19.8. The number of rotatable bonds is 9. The SMILES string of the molecule is COc1cc(C(=O)N(CC(C)C(=O)O)C2CC2)cc(Cl)c1OCC(N)=O. The van der Waals surface area contributed by atoms with Gasteiger partial charge in [0.15, 0.2) is 18.1 Å². The number of nitrogens with two attached hydrogens (primary N) is 1. The Bertz CT molecular complexity index is 719. The molecule has 1 fully saturated rings. The van der Waals surface area contributed by atoms with Crippen molar-refractivity contribution in [1.29, 1.82) is 0 Å². The fourth-order valence-corrected chi connectivity index (χ4v) is 2.71. The lowest BCUT2D eigenvalue weighted by molar-refractivity contribution is -0.141. The van der Waals surface area contributed by atoms with E-state index in [-0.39, 0.29) is 47.2 Å². The van der Waals surface area contributed by atoms with E-state index in [0.29, 0.717) is 0 Å². The van der Waals surface area contributed by atoms with Crippen molar-refractivity contribution < 1.29 is 29.0 Å². The van der Waals surface area contributed by atoms with Crippen LogP contribution in [0.2, 0.25) is 5.02 Å². The lowest BCUT2D eigenvalue weighted by Crippen LogP contribution is -2.38. The maximum Gasteiger partial charge on any atom is 0.308 e. The average Bonchev–Trinajstić information content (AvgIpc) is 3.41. The highest BCUT2D eigenvalue weighted by molar-refractivity contribution is 6.32. The predicted molar refractivity (Wildman–Crippen MR) is 93.6 cm³/mol. The summed E-state index contributed by atoms with van der Waals surface area (Å²) in [4.78, 5) is 36.5. The van der Waals surface area contributed by atoms with Gasteiger partial charge in [-0.3, -0.25) is 14.4 Å². The summed E-state index contributed by atoms with van der Waals surface area (Å²) in [5, 5.41) is 9.21. The van der Waals surface area contributed by atoms with Crippen molar-refractivity contribution in [3.63, 3.8) is 0 Å². The highest BCUT2D eigenvalue weighted by Gasteiger charge is 2.35. The zero-order valence-corrected chi connectivity index (χ0v) is 15.3. The minimum atomic E-state index is -0.964. The zero-order valence-electron chi connectivity index (χ0n) is 14.5. The zero-order chi connectivity index (χ0) is 19.4. The average molecular weight is 385 g/mol. The number of nitrogens with zero attached hydrogens (tertiary/aromatic N) is 1. The van der Waals surface area contributed by atoms with Crippen LogP contribution < -0.4 is 15.2 Å². The van der Waals surface area contributed by atoms with Crippen LogP contribution in [0, 0.1) is 5.92 Å². The van der Waals surface area contributed by atoms with E-state index in [4.69, 9.17) is 31.9 Å². The largest absolute Gasteiger partial charge is 0.493 e. The molecule has 9 heteroatoms. The summed E-state index contributed by atoms with van der Waals surface area (Å²) < 4.78 is 10.4. The normalized spacial score (nSPS) is 14.4. The fourth-order valence-electron chi connectivity index (χ4n) is 2.45. The van der Waals surface area contributed by atoms with Gasteiger partial charge in [0, 0.05) is 18.2 Å². The molecule has 1 aliphatic carbocycles. The molecule has 0 aromatic heterocycles. The minimum absolute atomic E-state index is 0.0276. The summed E-state index contributed by atoms with van der Waals surface area (Å²) in [7, 11) is 1.38. The Hall–Kier alpha value is -2.48. The number of hydrogen-bond donors (Lipinski definition) is 2. The third-order valence-electron chi connectivity index (χ3n) is 3.98. The standard InChI is InChI=1S/C17H21ClN2O6/c1-9(17(23)24)7-20(11-3-4-11)16(22)10-5-12(18)15(13(6-10)25-2)26-8-14(19)21/h5-6,9,11H,3-4,7-8H2,1-2H3,(H2,19,21)(H,23,24). The summed E-state index contributed by atoms with van der Waals surface area (Å²) >= 11 is 6.17. The van der Waals surface area contributed by atoms with E-state index in [1.54, 1.807) is 11.8 Å². The number of methoxy groups -OCH3 is 1. The number of carbonyl (C=O) groups is 3. The van der Waals surface area contributed by atoms with Crippen molar-refractivity contribution in [2.45, 2.75) is 25.8 Å². The van der Waals surface area contributed by atoms with Crippen molar-refractivity contribution in [1.82, 2.24) is 4.90 Å². The molecule has 1 aromatic carbocycles. The summed E-state index contributed by atoms with van der Waals surface area (Å²) in [6, 6.07) is 2.88. The second-order valence-electron chi connectivity index (χ2n) is 6.17. The molecule has 0 radical (unpaired) electrons. The molecular weight excluding hydrogens is 364 g/mol. The molecule has 0 bridgehead atoms. The van der Waals surface area contributed by atoms with Crippen molar-refractivity contribution in [2.24, 2.45) is 11.7 Å². The maximum absolute atomic E-state index is 12.9. The first-order valence-electron chi connectivity index (χ1n) is 8.07. The number of aliphatic carboxylic acids is 1. The van der Waals surface area contributed by atoms with Gasteiger partial charge in [-0.2, -0.15) is 0 Å². The van der Waals surface area contributed by atoms with E-state index in [1.165, 1.54) is 19.2 Å². The van der Waals surface area contributed by atoms with Gasteiger partial charge in [-0.1, -0.05) is 18.5 Å². The van der Waals surface area contributed by atoms with Crippen LogP contribution in [-0.4, -0.2) is 54.1 Å². The van der Waals surface area contributed by atoms with E-state index in [9.17, 15) is 14.4 Å². The number of primary amides is 1. The molecule has 2 amide bonds. The van der Waals surface area contributed by atoms with E-state index < -0.39 is 17.8 Å². The lowest BCUT2D eigenvalue weighted by Gasteiger charge is -2.25. The van der Waals surface area contributed by atoms with Crippen LogP contribution in [0.25, 0.3) is 0 Å². The second-order valence-corrected chi connectivity index (χ2v) is 6.58. The van der Waals surface area contributed by atoms with E-state index in [2.05, 4.69) is 0 Å². The Morgan fingerprint density at radius 2 is 2.04 bits per heavy atom. The van der Waals surface area contributed by atoms with Crippen molar-refractivity contribution >= 4 is 29.4 Å². The lowest BCUT2D eigenvalue weighted by atomic mass is 10.1. The number of hydrogen-bond acceptors (Lipinski definition) is 5. The Morgan fingerprint density at radius 1 is 1.38 bits per heavy atom. The van der Waals surface area contributed by atoms with E-state index in [0.717, 1.165) is 12.8 Å². The van der Waals surface area contributed by atoms with Gasteiger partial charge >= 0.3 is 5.97 Å². The first-order chi connectivity index (χ1) is 12.2. The molecule has 1 aliphatic rings. The molecule has 1 atom stereocenters. The van der Waals surface area contributed by atoms with Crippen molar-refractivity contribution in [3.05, 3.63) is 22.7 Å². The first-order valence-corrected chi connectivity index (χ1v) is 8.44. The van der Waals surface area contributed by atoms with Crippen molar-refractivity contribution in [2.75, 3.05) is 20.3 Å². The maximum atomic E-state index is 12.9. The molecule has 142 valence electrons. The molecule has 1 unspecified atom stereocenters. The fraction of sp³-hybridized carbons (Fsp3) is 0.471. The highest BCUT2D eigenvalue weighted by Crippen LogP contribution is 2.38. The Balaban J connectivity index is 2.28. The monoisotopic (exact) mass is 384 g/mol. The number of carbonyl (C=O) groups excluding carboxylic acids is 2. The summed E-state index contributed by atoms with van der Waals surface area (Å²) in [5.74, 6) is -2.36. The molecular formula is C17H21ClN2O6. The molecule has 1 saturated carbocycles. The number of halogens is 1.